The third-order valence-corrected chi connectivity index (χ3v) is 4.31. The number of carbonyl (C=O) groups is 1. The lowest BCUT2D eigenvalue weighted by atomic mass is 10.3. The summed E-state index contributed by atoms with van der Waals surface area (Å²) in [5, 5.41) is 9.05. The first-order valence-corrected chi connectivity index (χ1v) is 7.46. The first-order chi connectivity index (χ1) is 8.94. The summed E-state index contributed by atoms with van der Waals surface area (Å²) < 4.78 is 32.9. The van der Waals surface area contributed by atoms with Crippen molar-refractivity contribution in [2.45, 2.75) is 30.8 Å². The van der Waals surface area contributed by atoms with Gasteiger partial charge in [-0.2, -0.15) is 0 Å². The predicted octanol–water partition coefficient (Wildman–Crippen LogP) is 0.273. The van der Waals surface area contributed by atoms with Gasteiger partial charge in [0.1, 0.15) is 10.6 Å². The molecule has 0 amide bonds. The van der Waals surface area contributed by atoms with Crippen LogP contribution in [0.4, 0.5) is 0 Å². The number of ether oxygens (including phenoxy) is 1. The monoisotopic (exact) mass is 288 g/mol. The Hall–Kier alpha value is -1.38. The Bertz CT molecular complexity index is 574. The van der Waals surface area contributed by atoms with E-state index in [1.165, 1.54) is 16.8 Å². The van der Waals surface area contributed by atoms with E-state index < -0.39 is 16.0 Å². The molecule has 106 valence electrons. The van der Waals surface area contributed by atoms with Gasteiger partial charge in [0.15, 0.2) is 0 Å². The number of hydrogen-bond acceptors (Lipinski definition) is 4. The minimum absolute atomic E-state index is 0.0212. The van der Waals surface area contributed by atoms with E-state index >= 15 is 0 Å². The minimum atomic E-state index is -3.69. The second-order valence-corrected chi connectivity index (χ2v) is 6.13. The average molecular weight is 288 g/mol. The molecule has 1 aliphatic heterocycles. The normalized spacial score (nSPS) is 16.3. The summed E-state index contributed by atoms with van der Waals surface area (Å²) in [4.78, 5) is 11.0. The molecular formula is C11H16N2O5S. The summed E-state index contributed by atoms with van der Waals surface area (Å²) in [5.41, 5.74) is -0.0212. The molecule has 2 N–H and O–H groups in total. The number of nitrogens with one attached hydrogen (secondary N) is 1. The number of aromatic carboxylic acids is 1. The number of carboxylic acids is 1. The van der Waals surface area contributed by atoms with Gasteiger partial charge in [-0.1, -0.05) is 6.92 Å². The summed E-state index contributed by atoms with van der Waals surface area (Å²) in [5.74, 6) is -1.14. The minimum Gasteiger partial charge on any atom is -0.477 e. The molecule has 2 rings (SSSR count). The Kier molecular flexibility index (Phi) is 3.93. The lowest BCUT2D eigenvalue weighted by Gasteiger charge is -2.26. The summed E-state index contributed by atoms with van der Waals surface area (Å²) in [6.07, 6.45) is 2.08. The molecule has 19 heavy (non-hydrogen) atoms. The van der Waals surface area contributed by atoms with Crippen LogP contribution in [0.25, 0.3) is 0 Å². The number of hydrogen-bond donors (Lipinski definition) is 2. The molecule has 1 aromatic heterocycles. The van der Waals surface area contributed by atoms with Gasteiger partial charge < -0.3 is 14.4 Å². The summed E-state index contributed by atoms with van der Waals surface area (Å²) in [6, 6.07) is 0.952. The molecule has 7 nitrogen and oxygen atoms in total. The van der Waals surface area contributed by atoms with E-state index in [0.717, 1.165) is 6.42 Å². The van der Waals surface area contributed by atoms with E-state index in [1.807, 2.05) is 6.92 Å². The zero-order chi connectivity index (χ0) is 14.0. The smallest absolute Gasteiger partial charge is 0.352 e. The van der Waals surface area contributed by atoms with Crippen LogP contribution in [0.1, 0.15) is 23.8 Å². The number of carboxylic acid groups (broad SMARTS) is 1. The van der Waals surface area contributed by atoms with Gasteiger partial charge in [0, 0.05) is 12.7 Å². The molecule has 0 radical (unpaired) electrons. The van der Waals surface area contributed by atoms with E-state index in [1.54, 1.807) is 0 Å². The van der Waals surface area contributed by atoms with Crippen molar-refractivity contribution in [3.63, 3.8) is 0 Å². The van der Waals surface area contributed by atoms with Gasteiger partial charge in [0.05, 0.1) is 19.3 Å². The summed E-state index contributed by atoms with van der Waals surface area (Å²) in [7, 11) is -3.69. The van der Waals surface area contributed by atoms with Gasteiger partial charge in [-0.15, -0.1) is 0 Å². The lowest BCUT2D eigenvalue weighted by molar-refractivity contribution is 0.00482. The van der Waals surface area contributed by atoms with Crippen LogP contribution < -0.4 is 4.72 Å². The zero-order valence-corrected chi connectivity index (χ0v) is 11.3. The third kappa shape index (κ3) is 2.96. The number of sulfonamides is 1. The van der Waals surface area contributed by atoms with Gasteiger partial charge in [-0.3, -0.25) is 0 Å². The highest BCUT2D eigenvalue weighted by Gasteiger charge is 2.27. The second-order valence-electron chi connectivity index (χ2n) is 4.42. The zero-order valence-electron chi connectivity index (χ0n) is 10.5. The Morgan fingerprint density at radius 3 is 2.74 bits per heavy atom. The number of nitrogens with zero attached hydrogens (tertiary/aromatic N) is 1. The highest BCUT2D eigenvalue weighted by atomic mass is 32.2. The Morgan fingerprint density at radius 1 is 1.58 bits per heavy atom. The van der Waals surface area contributed by atoms with Crippen molar-refractivity contribution in [1.29, 1.82) is 0 Å². The molecule has 0 atom stereocenters. The quantitative estimate of drug-likeness (QED) is 0.783. The molecule has 1 saturated heterocycles. The van der Waals surface area contributed by atoms with E-state index in [-0.39, 0.29) is 16.6 Å². The summed E-state index contributed by atoms with van der Waals surface area (Å²) >= 11 is 0. The maximum atomic E-state index is 12.1. The topological polar surface area (TPSA) is 97.6 Å². The molecule has 1 aromatic rings. The fourth-order valence-corrected chi connectivity index (χ4v) is 3.07. The van der Waals surface area contributed by atoms with Crippen molar-refractivity contribution in [2.75, 3.05) is 13.2 Å². The van der Waals surface area contributed by atoms with Crippen LogP contribution in [0.2, 0.25) is 0 Å². The molecule has 1 aliphatic rings. The highest BCUT2D eigenvalue weighted by molar-refractivity contribution is 7.89. The third-order valence-electron chi connectivity index (χ3n) is 2.83. The Balaban J connectivity index is 2.28. The average Bonchev–Trinajstić information content (AvgIpc) is 2.69. The van der Waals surface area contributed by atoms with Crippen LogP contribution in [0, 0.1) is 0 Å². The fourth-order valence-electron chi connectivity index (χ4n) is 1.83. The van der Waals surface area contributed by atoms with Crippen molar-refractivity contribution in [1.82, 2.24) is 9.29 Å². The first-order valence-electron chi connectivity index (χ1n) is 5.97. The van der Waals surface area contributed by atoms with Crippen molar-refractivity contribution < 1.29 is 23.1 Å². The molecule has 0 bridgehead atoms. The largest absolute Gasteiger partial charge is 0.477 e. The second kappa shape index (κ2) is 5.32. The Labute approximate surface area is 111 Å². The van der Waals surface area contributed by atoms with Gasteiger partial charge in [0.25, 0.3) is 0 Å². The van der Waals surface area contributed by atoms with Crippen molar-refractivity contribution in [2.24, 2.45) is 0 Å². The predicted molar refractivity (Wildman–Crippen MR) is 66.6 cm³/mol. The van der Waals surface area contributed by atoms with Crippen LogP contribution in [-0.4, -0.2) is 43.3 Å². The van der Waals surface area contributed by atoms with Crippen molar-refractivity contribution in [3.8, 4) is 0 Å². The fraction of sp³-hybridized carbons (Fsp3) is 0.545. The van der Waals surface area contributed by atoms with Crippen LogP contribution in [-0.2, 0) is 21.3 Å². The van der Waals surface area contributed by atoms with Gasteiger partial charge in [-0.25, -0.2) is 17.9 Å². The SMILES string of the molecule is CCCn1cc(S(=O)(=O)NC2COC2)cc1C(=O)O. The van der Waals surface area contributed by atoms with E-state index in [2.05, 4.69) is 4.72 Å². The van der Waals surface area contributed by atoms with E-state index in [0.29, 0.717) is 19.8 Å². The molecule has 0 aromatic carbocycles. The summed E-state index contributed by atoms with van der Waals surface area (Å²) in [6.45, 7) is 3.05. The van der Waals surface area contributed by atoms with E-state index in [4.69, 9.17) is 9.84 Å². The molecule has 8 heteroatoms. The molecule has 0 aliphatic carbocycles. The molecule has 0 unspecified atom stereocenters. The molecule has 2 heterocycles. The molecule has 0 saturated carbocycles. The molecular weight excluding hydrogens is 272 g/mol. The maximum absolute atomic E-state index is 12.1. The highest BCUT2D eigenvalue weighted by Crippen LogP contribution is 2.16. The lowest BCUT2D eigenvalue weighted by Crippen LogP contribution is -2.48. The Morgan fingerprint density at radius 2 is 2.26 bits per heavy atom. The van der Waals surface area contributed by atoms with Crippen LogP contribution >= 0.6 is 0 Å². The number of aryl methyl sites for hydroxylation is 1. The molecule has 0 spiro atoms. The number of rotatable bonds is 6. The molecule has 1 fully saturated rings. The van der Waals surface area contributed by atoms with Crippen LogP contribution in [0.15, 0.2) is 17.2 Å². The number of aromatic nitrogens is 1. The van der Waals surface area contributed by atoms with Crippen LogP contribution in [0.5, 0.6) is 0 Å². The van der Waals surface area contributed by atoms with Crippen molar-refractivity contribution >= 4 is 16.0 Å². The van der Waals surface area contributed by atoms with Crippen molar-refractivity contribution in [3.05, 3.63) is 18.0 Å². The first kappa shape index (κ1) is 14.0. The van der Waals surface area contributed by atoms with Gasteiger partial charge in [-0.05, 0) is 12.5 Å². The standard InChI is InChI=1S/C11H16N2O5S/c1-2-3-13-5-9(4-10(13)11(14)15)19(16,17)12-8-6-18-7-8/h4-5,8,12H,2-3,6-7H2,1H3,(H,14,15). The van der Waals surface area contributed by atoms with E-state index in [9.17, 15) is 13.2 Å². The maximum Gasteiger partial charge on any atom is 0.352 e. The van der Waals surface area contributed by atoms with Gasteiger partial charge >= 0.3 is 5.97 Å². The van der Waals surface area contributed by atoms with Gasteiger partial charge in [0.2, 0.25) is 10.0 Å². The van der Waals surface area contributed by atoms with Crippen LogP contribution in [0.3, 0.4) is 0 Å².